The largest absolute Gasteiger partial charge is 0.261 e. The summed E-state index contributed by atoms with van der Waals surface area (Å²) in [6, 6.07) is 5.75. The van der Waals surface area contributed by atoms with E-state index in [1.54, 1.807) is 0 Å². The third-order valence-electron chi connectivity index (χ3n) is 2.67. The average Bonchev–Trinajstić information content (AvgIpc) is 2.34. The molecule has 0 aromatic heterocycles. The van der Waals surface area contributed by atoms with Gasteiger partial charge in [-0.05, 0) is 30.0 Å². The summed E-state index contributed by atoms with van der Waals surface area (Å²) in [5, 5.41) is 0. The number of nitrogens with one attached hydrogen (secondary N) is 1. The van der Waals surface area contributed by atoms with E-state index in [2.05, 4.69) is 4.72 Å². The van der Waals surface area contributed by atoms with E-state index in [0.717, 1.165) is 0 Å². The summed E-state index contributed by atoms with van der Waals surface area (Å²) >= 11 is 0. The van der Waals surface area contributed by atoms with Crippen molar-refractivity contribution < 1.29 is 16.8 Å². The number of benzene rings is 1. The lowest BCUT2D eigenvalue weighted by Gasteiger charge is -2.08. The second-order valence-corrected chi connectivity index (χ2v) is 9.40. The molecule has 1 rings (SSSR count). The Kier molecular flexibility index (Phi) is 6.00. The maximum atomic E-state index is 11.7. The zero-order valence-corrected chi connectivity index (χ0v) is 13.7. The van der Waals surface area contributed by atoms with E-state index in [1.807, 2.05) is 13.8 Å². The van der Waals surface area contributed by atoms with Gasteiger partial charge < -0.3 is 0 Å². The molecule has 0 radical (unpaired) electrons. The summed E-state index contributed by atoms with van der Waals surface area (Å²) in [6.45, 7) is 4.05. The molecule has 0 atom stereocenters. The quantitative estimate of drug-likeness (QED) is 0.771. The second kappa shape index (κ2) is 6.89. The van der Waals surface area contributed by atoms with Gasteiger partial charge in [0.2, 0.25) is 10.0 Å². The topological polar surface area (TPSA) is 80.3 Å². The van der Waals surface area contributed by atoms with Gasteiger partial charge in [0.25, 0.3) is 9.05 Å². The molecular formula is C12H18ClNO4S2. The molecule has 114 valence electrons. The third kappa shape index (κ3) is 6.21. The molecule has 0 aliphatic heterocycles. The van der Waals surface area contributed by atoms with Crippen LogP contribution in [0.4, 0.5) is 0 Å². The summed E-state index contributed by atoms with van der Waals surface area (Å²) in [6.07, 6.45) is 0.596. The van der Waals surface area contributed by atoms with E-state index in [4.69, 9.17) is 10.7 Å². The van der Waals surface area contributed by atoms with Crippen molar-refractivity contribution in [3.63, 3.8) is 0 Å². The highest BCUT2D eigenvalue weighted by Crippen LogP contribution is 2.15. The Morgan fingerprint density at radius 2 is 1.65 bits per heavy atom. The van der Waals surface area contributed by atoms with Crippen LogP contribution in [0, 0.1) is 5.92 Å². The van der Waals surface area contributed by atoms with Crippen LogP contribution in [0.2, 0.25) is 0 Å². The Hall–Kier alpha value is -0.630. The smallest absolute Gasteiger partial charge is 0.212 e. The van der Waals surface area contributed by atoms with Crippen LogP contribution < -0.4 is 4.72 Å². The van der Waals surface area contributed by atoms with E-state index in [-0.39, 0.29) is 17.2 Å². The van der Waals surface area contributed by atoms with E-state index < -0.39 is 19.1 Å². The lowest BCUT2D eigenvalue weighted by Crippen LogP contribution is -2.26. The van der Waals surface area contributed by atoms with Gasteiger partial charge in [-0.25, -0.2) is 21.6 Å². The van der Waals surface area contributed by atoms with Gasteiger partial charge in [-0.15, -0.1) is 0 Å². The van der Waals surface area contributed by atoms with Crippen molar-refractivity contribution in [2.75, 3.05) is 5.75 Å². The van der Waals surface area contributed by atoms with Gasteiger partial charge in [-0.3, -0.25) is 0 Å². The maximum Gasteiger partial charge on any atom is 0.261 e. The summed E-state index contributed by atoms with van der Waals surface area (Å²) < 4.78 is 48.0. The highest BCUT2D eigenvalue weighted by Gasteiger charge is 2.12. The minimum absolute atomic E-state index is 0.00872. The Balaban J connectivity index is 2.62. The molecule has 0 heterocycles. The number of rotatable bonds is 7. The molecule has 5 nitrogen and oxygen atoms in total. The van der Waals surface area contributed by atoms with Gasteiger partial charge in [0.05, 0.1) is 10.6 Å². The van der Waals surface area contributed by atoms with Gasteiger partial charge in [0.15, 0.2) is 0 Å². The molecule has 0 unspecified atom stereocenters. The first kappa shape index (κ1) is 17.4. The highest BCUT2D eigenvalue weighted by molar-refractivity contribution is 8.13. The Morgan fingerprint density at radius 3 is 2.10 bits per heavy atom. The molecule has 0 fully saturated rings. The predicted molar refractivity (Wildman–Crippen MR) is 79.6 cm³/mol. The van der Waals surface area contributed by atoms with E-state index in [1.165, 1.54) is 24.3 Å². The standard InChI is InChI=1S/C12H18ClNO4S2/c1-10(2)7-8-19(15,16)14-9-11-3-5-12(6-4-11)20(13,17)18/h3-6,10,14H,7-9H2,1-2H3. The molecule has 1 aromatic carbocycles. The minimum atomic E-state index is -3.75. The average molecular weight is 340 g/mol. The summed E-state index contributed by atoms with van der Waals surface area (Å²) in [7, 11) is -1.86. The van der Waals surface area contributed by atoms with Gasteiger partial charge in [-0.2, -0.15) is 0 Å². The normalized spacial score (nSPS) is 12.8. The zero-order valence-electron chi connectivity index (χ0n) is 11.3. The molecule has 20 heavy (non-hydrogen) atoms. The first-order valence-electron chi connectivity index (χ1n) is 6.11. The number of sulfonamides is 1. The second-order valence-electron chi connectivity index (χ2n) is 4.90. The van der Waals surface area contributed by atoms with Crippen LogP contribution in [0.5, 0.6) is 0 Å². The minimum Gasteiger partial charge on any atom is -0.212 e. The number of hydrogen-bond acceptors (Lipinski definition) is 4. The first-order chi connectivity index (χ1) is 9.10. The van der Waals surface area contributed by atoms with Crippen molar-refractivity contribution in [2.45, 2.75) is 31.7 Å². The Labute approximate surface area is 124 Å². The van der Waals surface area contributed by atoms with Gasteiger partial charge in [-0.1, -0.05) is 26.0 Å². The van der Waals surface area contributed by atoms with Crippen molar-refractivity contribution in [1.82, 2.24) is 4.72 Å². The van der Waals surface area contributed by atoms with E-state index >= 15 is 0 Å². The fourth-order valence-corrected chi connectivity index (χ4v) is 3.51. The van der Waals surface area contributed by atoms with Crippen molar-refractivity contribution in [2.24, 2.45) is 5.92 Å². The van der Waals surface area contributed by atoms with Crippen molar-refractivity contribution >= 4 is 29.8 Å². The van der Waals surface area contributed by atoms with Crippen molar-refractivity contribution in [3.05, 3.63) is 29.8 Å². The monoisotopic (exact) mass is 339 g/mol. The molecule has 1 N–H and O–H groups in total. The van der Waals surface area contributed by atoms with E-state index in [0.29, 0.717) is 17.9 Å². The van der Waals surface area contributed by atoms with Crippen LogP contribution in [-0.4, -0.2) is 22.6 Å². The van der Waals surface area contributed by atoms with Gasteiger partial charge in [0, 0.05) is 17.2 Å². The van der Waals surface area contributed by atoms with Gasteiger partial charge >= 0.3 is 0 Å². The molecule has 1 aromatic rings. The summed E-state index contributed by atoms with van der Waals surface area (Å²) in [4.78, 5) is -0.00872. The van der Waals surface area contributed by atoms with Crippen LogP contribution in [0.15, 0.2) is 29.2 Å². The van der Waals surface area contributed by atoms with Crippen LogP contribution in [0.25, 0.3) is 0 Å². The number of hydrogen-bond donors (Lipinski definition) is 1. The Morgan fingerprint density at radius 1 is 1.10 bits per heavy atom. The lowest BCUT2D eigenvalue weighted by molar-refractivity contribution is 0.561. The van der Waals surface area contributed by atoms with Crippen LogP contribution in [-0.2, 0) is 25.6 Å². The number of halogens is 1. The summed E-state index contributed by atoms with van der Waals surface area (Å²) in [5.74, 6) is 0.401. The fourth-order valence-electron chi connectivity index (χ4n) is 1.43. The van der Waals surface area contributed by atoms with E-state index in [9.17, 15) is 16.8 Å². The molecule has 0 spiro atoms. The summed E-state index contributed by atoms with van der Waals surface area (Å²) in [5.41, 5.74) is 0.669. The highest BCUT2D eigenvalue weighted by atomic mass is 35.7. The lowest BCUT2D eigenvalue weighted by atomic mass is 10.2. The molecule has 0 saturated carbocycles. The molecule has 0 amide bonds. The van der Waals surface area contributed by atoms with Crippen LogP contribution in [0.3, 0.4) is 0 Å². The predicted octanol–water partition coefficient (Wildman–Crippen LogP) is 2.08. The SMILES string of the molecule is CC(C)CCS(=O)(=O)NCc1ccc(S(=O)(=O)Cl)cc1. The van der Waals surface area contributed by atoms with Crippen molar-refractivity contribution in [3.8, 4) is 0 Å². The third-order valence-corrected chi connectivity index (χ3v) is 5.39. The molecule has 0 saturated heterocycles. The van der Waals surface area contributed by atoms with Crippen molar-refractivity contribution in [1.29, 1.82) is 0 Å². The Bertz CT molecular complexity index is 637. The first-order valence-corrected chi connectivity index (χ1v) is 10.1. The molecular weight excluding hydrogens is 322 g/mol. The zero-order chi connectivity index (χ0) is 15.4. The van der Waals surface area contributed by atoms with Crippen LogP contribution >= 0.6 is 10.7 Å². The molecule has 8 heteroatoms. The van der Waals surface area contributed by atoms with Gasteiger partial charge in [0.1, 0.15) is 0 Å². The maximum absolute atomic E-state index is 11.7. The molecule has 0 aliphatic carbocycles. The molecule has 0 bridgehead atoms. The fraction of sp³-hybridized carbons (Fsp3) is 0.500. The molecule has 0 aliphatic rings. The van der Waals surface area contributed by atoms with Crippen LogP contribution in [0.1, 0.15) is 25.8 Å².